The molecule has 0 bridgehead atoms. The zero-order chi connectivity index (χ0) is 24.4. The van der Waals surface area contributed by atoms with Crippen molar-refractivity contribution < 1.29 is 17.9 Å². The fraction of sp³-hybridized carbons (Fsp3) is 0.435. The molecule has 3 N–H and O–H groups in total. The van der Waals surface area contributed by atoms with Crippen LogP contribution < -0.4 is 21.1 Å². The maximum Gasteiger partial charge on any atom is 0.416 e. The lowest BCUT2D eigenvalue weighted by Gasteiger charge is -2.29. The quantitative estimate of drug-likeness (QED) is 0.487. The van der Waals surface area contributed by atoms with E-state index in [0.29, 0.717) is 54.3 Å². The molecule has 0 saturated carbocycles. The standard InChI is InChI=1S/C23H25F3N6O2S/c24-23(25,26)15-4-1-3-14(11-15)17-13-35-21(29-17)18-19(28-16-5-2-6-27-12-16)30-22(31-20(18)33)32-7-9-34-10-8-32/h1,3-4,11,13,16,27H,2,5-10,12H2,(H2,28,30,31,33). The first-order chi connectivity index (χ1) is 16.9. The molecule has 1 atom stereocenters. The number of hydrogen-bond acceptors (Lipinski definition) is 8. The van der Waals surface area contributed by atoms with Gasteiger partial charge >= 0.3 is 6.18 Å². The first-order valence-corrected chi connectivity index (χ1v) is 12.3. The van der Waals surface area contributed by atoms with Crippen molar-refractivity contribution in [3.8, 4) is 21.8 Å². The average molecular weight is 507 g/mol. The predicted octanol–water partition coefficient (Wildman–Crippen LogP) is 3.58. The number of aromatic amines is 1. The van der Waals surface area contributed by atoms with Crippen LogP contribution in [0, 0.1) is 0 Å². The number of benzene rings is 1. The molecule has 2 aliphatic heterocycles. The summed E-state index contributed by atoms with van der Waals surface area (Å²) in [5.41, 5.74) is -0.0970. The summed E-state index contributed by atoms with van der Waals surface area (Å²) in [4.78, 5) is 27.4. The molecule has 5 rings (SSSR count). The summed E-state index contributed by atoms with van der Waals surface area (Å²) in [6, 6.07) is 5.11. The SMILES string of the molecule is O=c1[nH]c(N2CCOCC2)nc(NC2CCCNC2)c1-c1nc(-c2cccc(C(F)(F)F)c2)cs1. The summed E-state index contributed by atoms with van der Waals surface area (Å²) < 4.78 is 44.9. The van der Waals surface area contributed by atoms with E-state index in [9.17, 15) is 18.0 Å². The van der Waals surface area contributed by atoms with E-state index in [4.69, 9.17) is 9.72 Å². The Hall–Kier alpha value is -2.96. The van der Waals surface area contributed by atoms with Crippen molar-refractivity contribution in [2.24, 2.45) is 0 Å². The molecule has 186 valence electrons. The number of thiazole rings is 1. The number of alkyl halides is 3. The van der Waals surface area contributed by atoms with Gasteiger partial charge in [-0.1, -0.05) is 12.1 Å². The topological polar surface area (TPSA) is 95.2 Å². The minimum absolute atomic E-state index is 0.0947. The third-order valence-electron chi connectivity index (χ3n) is 6.06. The number of aromatic nitrogens is 3. The number of nitrogens with one attached hydrogen (secondary N) is 3. The highest BCUT2D eigenvalue weighted by atomic mass is 32.1. The number of halogens is 3. The molecule has 0 radical (unpaired) electrons. The number of piperidine rings is 1. The van der Waals surface area contributed by atoms with Crippen LogP contribution in [0.3, 0.4) is 0 Å². The van der Waals surface area contributed by atoms with E-state index >= 15 is 0 Å². The lowest BCUT2D eigenvalue weighted by molar-refractivity contribution is -0.137. The van der Waals surface area contributed by atoms with Gasteiger partial charge in [-0.3, -0.25) is 9.78 Å². The van der Waals surface area contributed by atoms with Gasteiger partial charge in [-0.05, 0) is 31.5 Å². The Balaban J connectivity index is 1.52. The van der Waals surface area contributed by atoms with Crippen LogP contribution in [-0.4, -0.2) is 60.4 Å². The lowest BCUT2D eigenvalue weighted by Crippen LogP contribution is -2.40. The van der Waals surface area contributed by atoms with Gasteiger partial charge in [0.25, 0.3) is 5.56 Å². The van der Waals surface area contributed by atoms with Gasteiger partial charge in [0.2, 0.25) is 5.95 Å². The molecule has 0 spiro atoms. The Morgan fingerprint density at radius 3 is 2.77 bits per heavy atom. The van der Waals surface area contributed by atoms with E-state index < -0.39 is 11.7 Å². The Labute approximate surface area is 203 Å². The molecule has 2 aliphatic rings. The van der Waals surface area contributed by atoms with Gasteiger partial charge in [-0.25, -0.2) is 4.98 Å². The summed E-state index contributed by atoms with van der Waals surface area (Å²) in [5.74, 6) is 0.886. The monoisotopic (exact) mass is 506 g/mol. The van der Waals surface area contributed by atoms with Crippen LogP contribution in [0.4, 0.5) is 24.9 Å². The Morgan fingerprint density at radius 2 is 2.03 bits per heavy atom. The maximum absolute atomic E-state index is 13.3. The first kappa shape index (κ1) is 23.8. The summed E-state index contributed by atoms with van der Waals surface area (Å²) in [7, 11) is 0. The molecule has 3 aromatic rings. The molecule has 8 nitrogen and oxygen atoms in total. The van der Waals surface area contributed by atoms with Crippen LogP contribution >= 0.6 is 11.3 Å². The van der Waals surface area contributed by atoms with Gasteiger partial charge < -0.3 is 20.3 Å². The van der Waals surface area contributed by atoms with Gasteiger partial charge in [-0.2, -0.15) is 18.2 Å². The van der Waals surface area contributed by atoms with Crippen molar-refractivity contribution in [2.45, 2.75) is 25.1 Å². The number of H-pyrrole nitrogens is 1. The fourth-order valence-electron chi connectivity index (χ4n) is 4.23. The highest BCUT2D eigenvalue weighted by Crippen LogP contribution is 2.35. The van der Waals surface area contributed by atoms with Crippen LogP contribution in [0.15, 0.2) is 34.4 Å². The molecule has 12 heteroatoms. The summed E-state index contributed by atoms with van der Waals surface area (Å²) in [6.45, 7) is 4.02. The molecule has 2 saturated heterocycles. The summed E-state index contributed by atoms with van der Waals surface area (Å²) in [6.07, 6.45) is -2.51. The molecular weight excluding hydrogens is 481 g/mol. The van der Waals surface area contributed by atoms with Crippen LogP contribution in [0.1, 0.15) is 18.4 Å². The second-order valence-corrected chi connectivity index (χ2v) is 9.37. The Morgan fingerprint density at radius 1 is 1.20 bits per heavy atom. The van der Waals surface area contributed by atoms with Gasteiger partial charge in [0, 0.05) is 36.6 Å². The molecule has 2 fully saturated rings. The van der Waals surface area contributed by atoms with Crippen molar-refractivity contribution in [1.29, 1.82) is 0 Å². The second kappa shape index (κ2) is 9.96. The van der Waals surface area contributed by atoms with Crippen LogP contribution in [0.2, 0.25) is 0 Å². The minimum atomic E-state index is -4.45. The molecule has 4 heterocycles. The normalized spacial score (nSPS) is 19.1. The Kier molecular flexibility index (Phi) is 6.76. The fourth-order valence-corrected chi connectivity index (χ4v) is 5.10. The van der Waals surface area contributed by atoms with Crippen molar-refractivity contribution in [3.05, 3.63) is 45.6 Å². The molecule has 1 aromatic carbocycles. The van der Waals surface area contributed by atoms with Crippen molar-refractivity contribution in [1.82, 2.24) is 20.3 Å². The molecular formula is C23H25F3N6O2S. The van der Waals surface area contributed by atoms with E-state index in [1.807, 2.05) is 4.90 Å². The summed E-state index contributed by atoms with van der Waals surface area (Å²) >= 11 is 1.20. The van der Waals surface area contributed by atoms with Gasteiger partial charge in [0.1, 0.15) is 16.4 Å². The average Bonchev–Trinajstić information content (AvgIpc) is 3.34. The minimum Gasteiger partial charge on any atom is -0.378 e. The van der Waals surface area contributed by atoms with Crippen LogP contribution in [-0.2, 0) is 10.9 Å². The van der Waals surface area contributed by atoms with Crippen molar-refractivity contribution in [2.75, 3.05) is 49.6 Å². The summed E-state index contributed by atoms with van der Waals surface area (Å²) in [5, 5.41) is 8.81. The van der Waals surface area contributed by atoms with Crippen molar-refractivity contribution in [3.63, 3.8) is 0 Å². The van der Waals surface area contributed by atoms with Crippen molar-refractivity contribution >= 4 is 23.1 Å². The zero-order valence-corrected chi connectivity index (χ0v) is 19.6. The predicted molar refractivity (Wildman–Crippen MR) is 129 cm³/mol. The Bertz CT molecular complexity index is 1230. The largest absolute Gasteiger partial charge is 0.416 e. The highest BCUT2D eigenvalue weighted by Gasteiger charge is 2.31. The van der Waals surface area contributed by atoms with E-state index in [1.165, 1.54) is 17.4 Å². The number of rotatable bonds is 5. The van der Waals surface area contributed by atoms with Crippen LogP contribution in [0.25, 0.3) is 21.8 Å². The zero-order valence-electron chi connectivity index (χ0n) is 18.8. The number of ether oxygens (including phenoxy) is 1. The third-order valence-corrected chi connectivity index (χ3v) is 6.92. The van der Waals surface area contributed by atoms with Gasteiger partial charge in [0.15, 0.2) is 0 Å². The molecule has 35 heavy (non-hydrogen) atoms. The molecule has 1 unspecified atom stereocenters. The van der Waals surface area contributed by atoms with E-state index in [-0.39, 0.29) is 17.2 Å². The highest BCUT2D eigenvalue weighted by molar-refractivity contribution is 7.13. The maximum atomic E-state index is 13.3. The van der Waals surface area contributed by atoms with Gasteiger partial charge in [0.05, 0.1) is 24.5 Å². The second-order valence-electron chi connectivity index (χ2n) is 8.52. The number of hydrogen-bond donors (Lipinski definition) is 3. The molecule has 2 aromatic heterocycles. The lowest BCUT2D eigenvalue weighted by atomic mass is 10.1. The van der Waals surface area contributed by atoms with Crippen LogP contribution in [0.5, 0.6) is 0 Å². The molecule has 0 aliphatic carbocycles. The van der Waals surface area contributed by atoms with Gasteiger partial charge in [-0.15, -0.1) is 11.3 Å². The number of anilines is 2. The molecule has 0 amide bonds. The number of morpholine rings is 1. The van der Waals surface area contributed by atoms with E-state index in [2.05, 4.69) is 20.6 Å². The third kappa shape index (κ3) is 5.34. The van der Waals surface area contributed by atoms with E-state index in [0.717, 1.165) is 38.1 Å². The van der Waals surface area contributed by atoms with E-state index in [1.54, 1.807) is 11.4 Å². The smallest absolute Gasteiger partial charge is 0.378 e. The first-order valence-electron chi connectivity index (χ1n) is 11.5. The number of nitrogens with zero attached hydrogens (tertiary/aromatic N) is 3.